The molecule has 0 unspecified atom stereocenters. The maximum Gasteiger partial charge on any atom is 0.416 e. The molecule has 1 aliphatic heterocycles. The zero-order valence-corrected chi connectivity index (χ0v) is 15.7. The van der Waals surface area contributed by atoms with Gasteiger partial charge in [0.05, 0.1) is 24.2 Å². The second-order valence-electron chi connectivity index (χ2n) is 7.63. The minimum absolute atomic E-state index is 0.0735. The largest absolute Gasteiger partial charge is 0.416 e. The van der Waals surface area contributed by atoms with Crippen molar-refractivity contribution in [3.63, 3.8) is 0 Å². The Morgan fingerprint density at radius 2 is 1.85 bits per heavy atom. The number of amides is 1. The van der Waals surface area contributed by atoms with E-state index in [-0.39, 0.29) is 30.1 Å². The lowest BCUT2D eigenvalue weighted by Crippen LogP contribution is -2.58. The zero-order chi connectivity index (χ0) is 19.5. The number of halogens is 3. The van der Waals surface area contributed by atoms with Crippen LogP contribution < -0.4 is 5.32 Å². The third kappa shape index (κ3) is 5.71. The van der Waals surface area contributed by atoms with Gasteiger partial charge in [0.25, 0.3) is 0 Å². The van der Waals surface area contributed by atoms with Gasteiger partial charge < -0.3 is 10.1 Å². The molecular formula is C19H27F3N2O2. The summed E-state index contributed by atoms with van der Waals surface area (Å²) in [5, 5.41) is 2.85. The highest BCUT2D eigenvalue weighted by molar-refractivity contribution is 5.78. The Labute approximate surface area is 152 Å². The quantitative estimate of drug-likeness (QED) is 0.863. The summed E-state index contributed by atoms with van der Waals surface area (Å²) in [5.74, 6) is -0.285. The summed E-state index contributed by atoms with van der Waals surface area (Å²) in [6, 6.07) is 4.89. The molecular weight excluding hydrogens is 345 g/mol. The van der Waals surface area contributed by atoms with Gasteiger partial charge >= 0.3 is 6.18 Å². The van der Waals surface area contributed by atoms with Crippen LogP contribution in [0.2, 0.25) is 0 Å². The van der Waals surface area contributed by atoms with E-state index in [2.05, 4.69) is 10.2 Å². The Morgan fingerprint density at radius 3 is 2.42 bits per heavy atom. The van der Waals surface area contributed by atoms with Gasteiger partial charge in [-0.1, -0.05) is 18.2 Å². The summed E-state index contributed by atoms with van der Waals surface area (Å²) >= 11 is 0. The van der Waals surface area contributed by atoms with Crippen LogP contribution in [-0.4, -0.2) is 48.2 Å². The van der Waals surface area contributed by atoms with Crippen molar-refractivity contribution in [2.45, 2.75) is 58.0 Å². The van der Waals surface area contributed by atoms with Gasteiger partial charge in [-0.2, -0.15) is 13.2 Å². The minimum Gasteiger partial charge on any atom is -0.373 e. The molecule has 0 spiro atoms. The number of morpholine rings is 1. The Bertz CT molecular complexity index is 621. The van der Waals surface area contributed by atoms with Crippen LogP contribution in [0.4, 0.5) is 13.2 Å². The Hall–Kier alpha value is -1.60. The van der Waals surface area contributed by atoms with Gasteiger partial charge in [0.15, 0.2) is 0 Å². The van der Waals surface area contributed by atoms with E-state index in [4.69, 9.17) is 4.74 Å². The monoisotopic (exact) mass is 372 g/mol. The van der Waals surface area contributed by atoms with Crippen molar-refractivity contribution in [2.75, 3.05) is 19.6 Å². The molecule has 1 amide bonds. The van der Waals surface area contributed by atoms with Crippen molar-refractivity contribution < 1.29 is 22.7 Å². The lowest BCUT2D eigenvalue weighted by atomic mass is 9.99. The minimum atomic E-state index is -4.40. The van der Waals surface area contributed by atoms with Gasteiger partial charge in [-0.3, -0.25) is 9.69 Å². The zero-order valence-electron chi connectivity index (χ0n) is 15.7. The van der Waals surface area contributed by atoms with Crippen LogP contribution in [0, 0.1) is 0 Å². The van der Waals surface area contributed by atoms with E-state index >= 15 is 0 Å². The fourth-order valence-electron chi connectivity index (χ4n) is 3.20. The summed E-state index contributed by atoms with van der Waals surface area (Å²) in [6.07, 6.45) is -4.23. The van der Waals surface area contributed by atoms with Gasteiger partial charge in [0.2, 0.25) is 5.91 Å². The molecule has 146 valence electrons. The molecule has 0 bridgehead atoms. The van der Waals surface area contributed by atoms with Gasteiger partial charge in [-0.15, -0.1) is 0 Å². The van der Waals surface area contributed by atoms with E-state index < -0.39 is 11.7 Å². The number of carbonyl (C=O) groups is 1. The molecule has 2 rings (SSSR count). The lowest BCUT2D eigenvalue weighted by Gasteiger charge is -2.45. The normalized spacial score (nSPS) is 22.3. The molecule has 1 heterocycles. The topological polar surface area (TPSA) is 41.6 Å². The fourth-order valence-corrected chi connectivity index (χ4v) is 3.20. The molecule has 7 heteroatoms. The number of carbonyl (C=O) groups excluding carboxylic acids is 1. The fraction of sp³-hybridized carbons (Fsp3) is 0.632. The van der Waals surface area contributed by atoms with Crippen LogP contribution in [0.25, 0.3) is 0 Å². The molecule has 1 fully saturated rings. The highest BCUT2D eigenvalue weighted by Gasteiger charge is 2.33. The van der Waals surface area contributed by atoms with E-state index in [0.717, 1.165) is 25.2 Å². The third-order valence-corrected chi connectivity index (χ3v) is 4.61. The van der Waals surface area contributed by atoms with Crippen molar-refractivity contribution in [3.8, 4) is 0 Å². The number of nitrogens with one attached hydrogen (secondary N) is 1. The van der Waals surface area contributed by atoms with Crippen molar-refractivity contribution in [1.82, 2.24) is 10.2 Å². The van der Waals surface area contributed by atoms with Crippen molar-refractivity contribution >= 4 is 5.91 Å². The summed E-state index contributed by atoms with van der Waals surface area (Å²) in [4.78, 5) is 14.5. The summed E-state index contributed by atoms with van der Waals surface area (Å²) in [6.45, 7) is 10.1. The molecule has 0 aromatic heterocycles. The standard InChI is InChI=1S/C19H27F3N2O2/c1-13-10-24(11-14(2)26-13)18(3,4)12-23-17(25)9-15-6-5-7-16(8-15)19(20,21)22/h5-8,13-14H,9-12H2,1-4H3,(H,23,25)/t13-,14-/m0/s1. The van der Waals surface area contributed by atoms with E-state index in [0.29, 0.717) is 12.1 Å². The number of nitrogens with zero attached hydrogens (tertiary/aromatic N) is 1. The number of ether oxygens (including phenoxy) is 1. The first kappa shape index (κ1) is 20.7. The second-order valence-corrected chi connectivity index (χ2v) is 7.63. The smallest absolute Gasteiger partial charge is 0.373 e. The summed E-state index contributed by atoms with van der Waals surface area (Å²) in [7, 11) is 0. The average molecular weight is 372 g/mol. The van der Waals surface area contributed by atoms with Crippen molar-refractivity contribution in [1.29, 1.82) is 0 Å². The van der Waals surface area contributed by atoms with Gasteiger partial charge in [-0.05, 0) is 39.3 Å². The van der Waals surface area contributed by atoms with Crippen LogP contribution in [0.15, 0.2) is 24.3 Å². The lowest BCUT2D eigenvalue weighted by molar-refractivity contribution is -0.137. The molecule has 2 atom stereocenters. The SMILES string of the molecule is C[C@H]1CN(C(C)(C)CNC(=O)Cc2cccc(C(F)(F)F)c2)C[C@H](C)O1. The predicted octanol–water partition coefficient (Wildman–Crippen LogP) is 3.25. The third-order valence-electron chi connectivity index (χ3n) is 4.61. The van der Waals surface area contributed by atoms with Crippen LogP contribution in [0.3, 0.4) is 0 Å². The molecule has 1 aliphatic rings. The molecule has 1 aromatic rings. The van der Waals surface area contributed by atoms with E-state index in [9.17, 15) is 18.0 Å². The van der Waals surface area contributed by atoms with Crippen LogP contribution >= 0.6 is 0 Å². The van der Waals surface area contributed by atoms with Gasteiger partial charge in [-0.25, -0.2) is 0 Å². The highest BCUT2D eigenvalue weighted by atomic mass is 19.4. The Balaban J connectivity index is 1.92. The molecule has 1 saturated heterocycles. The summed E-state index contributed by atoms with van der Waals surface area (Å²) in [5.41, 5.74) is -0.654. The molecule has 4 nitrogen and oxygen atoms in total. The van der Waals surface area contributed by atoms with E-state index in [1.54, 1.807) is 0 Å². The first-order valence-electron chi connectivity index (χ1n) is 8.81. The van der Waals surface area contributed by atoms with Gasteiger partial charge in [0.1, 0.15) is 0 Å². The number of hydrogen-bond acceptors (Lipinski definition) is 3. The number of alkyl halides is 3. The van der Waals surface area contributed by atoms with Crippen molar-refractivity contribution in [2.24, 2.45) is 0 Å². The molecule has 26 heavy (non-hydrogen) atoms. The van der Waals surface area contributed by atoms with Crippen LogP contribution in [0.1, 0.15) is 38.8 Å². The maximum absolute atomic E-state index is 12.8. The van der Waals surface area contributed by atoms with E-state index in [1.807, 2.05) is 27.7 Å². The molecule has 1 aromatic carbocycles. The summed E-state index contributed by atoms with van der Waals surface area (Å²) < 4.78 is 44.0. The molecule has 0 radical (unpaired) electrons. The first-order chi connectivity index (χ1) is 12.0. The second kappa shape index (κ2) is 7.96. The van der Waals surface area contributed by atoms with Crippen LogP contribution in [0.5, 0.6) is 0 Å². The van der Waals surface area contributed by atoms with Crippen LogP contribution in [-0.2, 0) is 22.1 Å². The molecule has 0 saturated carbocycles. The number of rotatable bonds is 5. The maximum atomic E-state index is 12.8. The van der Waals surface area contributed by atoms with Crippen molar-refractivity contribution in [3.05, 3.63) is 35.4 Å². The van der Waals surface area contributed by atoms with Gasteiger partial charge in [0, 0.05) is 25.2 Å². The highest BCUT2D eigenvalue weighted by Crippen LogP contribution is 2.29. The Morgan fingerprint density at radius 1 is 1.23 bits per heavy atom. The number of hydrogen-bond donors (Lipinski definition) is 1. The predicted molar refractivity (Wildman–Crippen MR) is 93.8 cm³/mol. The van der Waals surface area contributed by atoms with E-state index in [1.165, 1.54) is 12.1 Å². The average Bonchev–Trinajstić information content (AvgIpc) is 2.51. The Kier molecular flexibility index (Phi) is 6.34. The first-order valence-corrected chi connectivity index (χ1v) is 8.81. The molecule has 0 aliphatic carbocycles. The molecule has 1 N–H and O–H groups in total. The number of benzene rings is 1.